The summed E-state index contributed by atoms with van der Waals surface area (Å²) in [5, 5.41) is 10.2. The molecule has 0 spiro atoms. The van der Waals surface area contributed by atoms with Crippen LogP contribution in [0.1, 0.15) is 43.0 Å². The maximum Gasteiger partial charge on any atom is 0.315 e. The SMILES string of the molecule is C[C@H](NC(=O)N[C@H](c1ccccc1)[C@H]1CCCO1)c1cnn(C)c1. The van der Waals surface area contributed by atoms with E-state index >= 15 is 0 Å². The first kappa shape index (κ1) is 16.5. The Bertz CT molecular complexity index is 665. The van der Waals surface area contributed by atoms with Crippen molar-refractivity contribution in [1.82, 2.24) is 20.4 Å². The predicted molar refractivity (Wildman–Crippen MR) is 91.4 cm³/mol. The number of carbonyl (C=O) groups is 1. The highest BCUT2D eigenvalue weighted by Crippen LogP contribution is 2.27. The summed E-state index contributed by atoms with van der Waals surface area (Å²) in [5.41, 5.74) is 2.04. The first-order valence-electron chi connectivity index (χ1n) is 8.35. The van der Waals surface area contributed by atoms with Gasteiger partial charge in [-0.2, -0.15) is 5.10 Å². The molecule has 1 aliphatic heterocycles. The van der Waals surface area contributed by atoms with Crippen molar-refractivity contribution in [1.29, 1.82) is 0 Å². The minimum atomic E-state index is -0.198. The highest BCUT2D eigenvalue weighted by atomic mass is 16.5. The lowest BCUT2D eigenvalue weighted by Gasteiger charge is -2.25. The van der Waals surface area contributed by atoms with E-state index in [2.05, 4.69) is 15.7 Å². The van der Waals surface area contributed by atoms with Crippen LogP contribution >= 0.6 is 0 Å². The molecule has 2 heterocycles. The maximum absolute atomic E-state index is 12.5. The van der Waals surface area contributed by atoms with Gasteiger partial charge in [0.2, 0.25) is 0 Å². The molecule has 0 bridgehead atoms. The van der Waals surface area contributed by atoms with Crippen molar-refractivity contribution in [3.8, 4) is 0 Å². The van der Waals surface area contributed by atoms with Crippen molar-refractivity contribution in [2.45, 2.75) is 38.0 Å². The Kier molecular flexibility index (Phi) is 5.15. The highest BCUT2D eigenvalue weighted by Gasteiger charge is 2.29. The number of nitrogens with zero attached hydrogens (tertiary/aromatic N) is 2. The van der Waals surface area contributed by atoms with E-state index in [1.54, 1.807) is 10.9 Å². The van der Waals surface area contributed by atoms with Gasteiger partial charge >= 0.3 is 6.03 Å². The molecule has 24 heavy (non-hydrogen) atoms. The summed E-state index contributed by atoms with van der Waals surface area (Å²) in [5.74, 6) is 0. The van der Waals surface area contributed by atoms with Crippen LogP contribution in [-0.2, 0) is 11.8 Å². The summed E-state index contributed by atoms with van der Waals surface area (Å²) in [7, 11) is 1.86. The van der Waals surface area contributed by atoms with E-state index in [-0.39, 0.29) is 24.2 Å². The second-order valence-electron chi connectivity index (χ2n) is 6.23. The van der Waals surface area contributed by atoms with Gasteiger partial charge in [-0.25, -0.2) is 4.79 Å². The van der Waals surface area contributed by atoms with Crippen LogP contribution in [0.15, 0.2) is 42.7 Å². The molecule has 1 fully saturated rings. The molecule has 128 valence electrons. The number of carbonyl (C=O) groups excluding carboxylic acids is 1. The number of aromatic nitrogens is 2. The molecule has 6 nitrogen and oxygen atoms in total. The molecule has 3 atom stereocenters. The molecule has 2 amide bonds. The molecule has 0 unspecified atom stereocenters. The standard InChI is InChI=1S/C18H24N4O2/c1-13(15-11-19-22(2)12-15)20-18(23)21-17(16-9-6-10-24-16)14-7-4-3-5-8-14/h3-5,7-8,11-13,16-17H,6,9-10H2,1-2H3,(H2,20,21,23)/t13-,16+,17+/m0/s1. The zero-order chi connectivity index (χ0) is 16.9. The molecule has 6 heteroatoms. The molecule has 2 aromatic rings. The topological polar surface area (TPSA) is 68.2 Å². The largest absolute Gasteiger partial charge is 0.376 e. The van der Waals surface area contributed by atoms with Crippen molar-refractivity contribution < 1.29 is 9.53 Å². The maximum atomic E-state index is 12.5. The Morgan fingerprint density at radius 2 is 2.08 bits per heavy atom. The average Bonchev–Trinajstić information content (AvgIpc) is 3.25. The van der Waals surface area contributed by atoms with Crippen LogP contribution in [0.3, 0.4) is 0 Å². The number of hydrogen-bond acceptors (Lipinski definition) is 3. The van der Waals surface area contributed by atoms with Crippen LogP contribution in [-0.4, -0.2) is 28.5 Å². The van der Waals surface area contributed by atoms with E-state index in [1.165, 1.54) is 0 Å². The number of benzene rings is 1. The van der Waals surface area contributed by atoms with Gasteiger partial charge in [0.25, 0.3) is 0 Å². The second kappa shape index (κ2) is 7.49. The molecule has 2 N–H and O–H groups in total. The number of nitrogens with one attached hydrogen (secondary N) is 2. The van der Waals surface area contributed by atoms with Crippen molar-refractivity contribution in [2.75, 3.05) is 6.61 Å². The van der Waals surface area contributed by atoms with Crippen LogP contribution in [0.4, 0.5) is 4.79 Å². The minimum absolute atomic E-state index is 0.0202. The van der Waals surface area contributed by atoms with Crippen molar-refractivity contribution >= 4 is 6.03 Å². The van der Waals surface area contributed by atoms with Crippen molar-refractivity contribution in [3.63, 3.8) is 0 Å². The molecule has 3 rings (SSSR count). The summed E-state index contributed by atoms with van der Waals surface area (Å²) in [4.78, 5) is 12.5. The van der Waals surface area contributed by atoms with E-state index < -0.39 is 0 Å². The summed E-state index contributed by atoms with van der Waals surface area (Å²) < 4.78 is 7.53. The van der Waals surface area contributed by atoms with Gasteiger partial charge in [-0.15, -0.1) is 0 Å². The molecule has 1 aliphatic rings. The van der Waals surface area contributed by atoms with Gasteiger partial charge in [-0.05, 0) is 25.3 Å². The van der Waals surface area contributed by atoms with Gasteiger partial charge in [0, 0.05) is 25.4 Å². The van der Waals surface area contributed by atoms with E-state index in [0.29, 0.717) is 0 Å². The first-order chi connectivity index (χ1) is 11.6. The lowest BCUT2D eigenvalue weighted by molar-refractivity contribution is 0.0806. The zero-order valence-corrected chi connectivity index (χ0v) is 14.1. The minimum Gasteiger partial charge on any atom is -0.376 e. The third-order valence-electron chi connectivity index (χ3n) is 4.35. The Morgan fingerprint density at radius 3 is 2.71 bits per heavy atom. The number of urea groups is 1. The van der Waals surface area contributed by atoms with E-state index in [9.17, 15) is 4.79 Å². The number of aryl methyl sites for hydroxylation is 1. The Balaban J connectivity index is 1.66. The fraction of sp³-hybridized carbons (Fsp3) is 0.444. The Morgan fingerprint density at radius 1 is 1.29 bits per heavy atom. The van der Waals surface area contributed by atoms with E-state index in [0.717, 1.165) is 30.6 Å². The van der Waals surface area contributed by atoms with Gasteiger partial charge in [0.05, 0.1) is 24.4 Å². The molecular weight excluding hydrogens is 304 g/mol. The monoisotopic (exact) mass is 328 g/mol. The third-order valence-corrected chi connectivity index (χ3v) is 4.35. The fourth-order valence-electron chi connectivity index (χ4n) is 3.04. The van der Waals surface area contributed by atoms with Crippen LogP contribution in [0.2, 0.25) is 0 Å². The van der Waals surface area contributed by atoms with Crippen LogP contribution in [0.25, 0.3) is 0 Å². The van der Waals surface area contributed by atoms with Gasteiger partial charge in [-0.1, -0.05) is 30.3 Å². The smallest absolute Gasteiger partial charge is 0.315 e. The van der Waals surface area contributed by atoms with Gasteiger partial charge in [0.1, 0.15) is 0 Å². The zero-order valence-electron chi connectivity index (χ0n) is 14.1. The fourth-order valence-corrected chi connectivity index (χ4v) is 3.04. The van der Waals surface area contributed by atoms with Gasteiger partial charge in [0.15, 0.2) is 0 Å². The van der Waals surface area contributed by atoms with E-state index in [4.69, 9.17) is 4.74 Å². The summed E-state index contributed by atoms with van der Waals surface area (Å²) in [6.45, 7) is 2.70. The van der Waals surface area contributed by atoms with Gasteiger partial charge in [-0.3, -0.25) is 4.68 Å². The van der Waals surface area contributed by atoms with Gasteiger partial charge < -0.3 is 15.4 Å². The summed E-state index contributed by atoms with van der Waals surface area (Å²) in [6, 6.07) is 9.53. The Labute approximate surface area is 142 Å². The molecule has 0 aliphatic carbocycles. The molecule has 0 radical (unpaired) electrons. The third kappa shape index (κ3) is 3.94. The van der Waals surface area contributed by atoms with Crippen LogP contribution in [0.5, 0.6) is 0 Å². The second-order valence-corrected chi connectivity index (χ2v) is 6.23. The van der Waals surface area contributed by atoms with Crippen molar-refractivity contribution in [2.24, 2.45) is 7.05 Å². The molecule has 1 aromatic carbocycles. The molecular formula is C18H24N4O2. The Hall–Kier alpha value is -2.34. The number of amides is 2. The molecule has 1 aromatic heterocycles. The average molecular weight is 328 g/mol. The lowest BCUT2D eigenvalue weighted by Crippen LogP contribution is -2.43. The highest BCUT2D eigenvalue weighted by molar-refractivity contribution is 5.75. The molecule has 0 saturated carbocycles. The first-order valence-corrected chi connectivity index (χ1v) is 8.35. The number of rotatable bonds is 5. The van der Waals surface area contributed by atoms with Crippen LogP contribution in [0, 0.1) is 0 Å². The normalized spacial score (nSPS) is 19.7. The van der Waals surface area contributed by atoms with E-state index in [1.807, 2.05) is 50.5 Å². The predicted octanol–water partition coefficient (Wildman–Crippen LogP) is 2.70. The van der Waals surface area contributed by atoms with Crippen LogP contribution < -0.4 is 10.6 Å². The summed E-state index contributed by atoms with van der Waals surface area (Å²) >= 11 is 0. The summed E-state index contributed by atoms with van der Waals surface area (Å²) in [6.07, 6.45) is 5.67. The quantitative estimate of drug-likeness (QED) is 0.887. The van der Waals surface area contributed by atoms with Crippen molar-refractivity contribution in [3.05, 3.63) is 53.9 Å². The number of ether oxygens (including phenoxy) is 1. The lowest BCUT2D eigenvalue weighted by atomic mass is 9.99. The number of hydrogen-bond donors (Lipinski definition) is 2. The molecule has 1 saturated heterocycles.